The molecule has 0 fully saturated rings. The Morgan fingerprint density at radius 1 is 1.10 bits per heavy atom. The third kappa shape index (κ3) is 2.90. The van der Waals surface area contributed by atoms with Crippen LogP contribution in [-0.2, 0) is 5.41 Å². The molecule has 0 aliphatic carbocycles. The summed E-state index contributed by atoms with van der Waals surface area (Å²) in [5.41, 5.74) is 5.70. The summed E-state index contributed by atoms with van der Waals surface area (Å²) in [4.78, 5) is 9.42. The number of hydrogen-bond donors (Lipinski definition) is 2. The van der Waals surface area contributed by atoms with Crippen LogP contribution in [0.1, 0.15) is 56.3 Å². The van der Waals surface area contributed by atoms with E-state index in [2.05, 4.69) is 50.2 Å². The molecule has 21 heavy (non-hydrogen) atoms. The second-order valence-electron chi connectivity index (χ2n) is 6.18. The van der Waals surface area contributed by atoms with E-state index in [1.807, 2.05) is 25.1 Å². The van der Waals surface area contributed by atoms with Crippen molar-refractivity contribution in [2.75, 3.05) is 5.43 Å². The minimum absolute atomic E-state index is 0.271. The Balaban J connectivity index is 2.57. The smallest absolute Gasteiger partial charge is 0.147 e. The van der Waals surface area contributed by atoms with E-state index in [9.17, 15) is 0 Å². The van der Waals surface area contributed by atoms with E-state index in [0.29, 0.717) is 5.92 Å². The number of nitrogens with two attached hydrogens (primary N) is 1. The topological polar surface area (TPSA) is 63.8 Å². The number of rotatable bonds is 4. The van der Waals surface area contributed by atoms with E-state index in [1.165, 1.54) is 5.56 Å². The molecule has 4 heteroatoms. The van der Waals surface area contributed by atoms with Crippen molar-refractivity contribution in [1.82, 2.24) is 9.97 Å². The Morgan fingerprint density at radius 2 is 1.71 bits per heavy atom. The van der Waals surface area contributed by atoms with Crippen LogP contribution >= 0.6 is 0 Å². The van der Waals surface area contributed by atoms with Gasteiger partial charge in [-0.15, -0.1) is 0 Å². The maximum absolute atomic E-state index is 5.67. The number of nitrogens with one attached hydrogen (secondary N) is 1. The summed E-state index contributed by atoms with van der Waals surface area (Å²) in [7, 11) is 0. The van der Waals surface area contributed by atoms with Gasteiger partial charge in [-0.3, -0.25) is 0 Å². The van der Waals surface area contributed by atoms with Gasteiger partial charge < -0.3 is 5.43 Å². The van der Waals surface area contributed by atoms with Gasteiger partial charge in [-0.25, -0.2) is 15.8 Å². The first-order valence-corrected chi connectivity index (χ1v) is 7.29. The van der Waals surface area contributed by atoms with Crippen molar-refractivity contribution in [3.8, 4) is 0 Å². The van der Waals surface area contributed by atoms with E-state index >= 15 is 0 Å². The molecule has 2 rings (SSSR count). The van der Waals surface area contributed by atoms with Gasteiger partial charge in [0.1, 0.15) is 11.6 Å². The summed E-state index contributed by atoms with van der Waals surface area (Å²) in [6, 6.07) is 10.3. The highest BCUT2D eigenvalue weighted by Gasteiger charge is 2.28. The first-order valence-electron chi connectivity index (χ1n) is 7.29. The van der Waals surface area contributed by atoms with Crippen LogP contribution in [0.3, 0.4) is 0 Å². The normalized spacial score (nSPS) is 11.8. The van der Waals surface area contributed by atoms with Crippen molar-refractivity contribution >= 4 is 5.82 Å². The van der Waals surface area contributed by atoms with Crippen molar-refractivity contribution in [1.29, 1.82) is 0 Å². The molecule has 0 aliphatic heterocycles. The molecule has 0 bridgehead atoms. The third-order valence-corrected chi connectivity index (χ3v) is 3.90. The summed E-state index contributed by atoms with van der Waals surface area (Å²) < 4.78 is 0. The molecule has 0 saturated carbocycles. The van der Waals surface area contributed by atoms with Crippen LogP contribution in [0.4, 0.5) is 5.82 Å². The molecule has 1 aromatic heterocycles. The number of aryl methyl sites for hydroxylation is 1. The van der Waals surface area contributed by atoms with Gasteiger partial charge in [0.05, 0.1) is 0 Å². The van der Waals surface area contributed by atoms with E-state index in [0.717, 1.165) is 22.9 Å². The molecule has 0 spiro atoms. The molecular weight excluding hydrogens is 260 g/mol. The zero-order valence-corrected chi connectivity index (χ0v) is 13.4. The van der Waals surface area contributed by atoms with Crippen LogP contribution in [0.25, 0.3) is 0 Å². The second-order valence-corrected chi connectivity index (χ2v) is 6.18. The molecule has 0 atom stereocenters. The summed E-state index contributed by atoms with van der Waals surface area (Å²) in [5, 5.41) is 0. The Bertz CT molecular complexity index is 618. The van der Waals surface area contributed by atoms with E-state index in [4.69, 9.17) is 10.8 Å². The van der Waals surface area contributed by atoms with Gasteiger partial charge in [0.15, 0.2) is 0 Å². The summed E-state index contributed by atoms with van der Waals surface area (Å²) in [6.45, 7) is 10.5. The first kappa shape index (κ1) is 15.4. The number of nitrogens with zero attached hydrogens (tertiary/aromatic N) is 2. The molecule has 112 valence electrons. The number of benzene rings is 1. The average molecular weight is 284 g/mol. The fraction of sp³-hybridized carbons (Fsp3) is 0.412. The number of hydrogen-bond acceptors (Lipinski definition) is 4. The number of aromatic nitrogens is 2. The lowest BCUT2D eigenvalue weighted by molar-refractivity contribution is 0.584. The van der Waals surface area contributed by atoms with Crippen molar-refractivity contribution in [3.05, 3.63) is 53.0 Å². The molecule has 0 unspecified atom stereocenters. The Morgan fingerprint density at radius 3 is 2.24 bits per heavy atom. The van der Waals surface area contributed by atoms with Crippen molar-refractivity contribution < 1.29 is 0 Å². The molecular formula is C17H24N4. The van der Waals surface area contributed by atoms with Crippen LogP contribution in [0.2, 0.25) is 0 Å². The zero-order valence-electron chi connectivity index (χ0n) is 13.4. The largest absolute Gasteiger partial charge is 0.308 e. The Kier molecular flexibility index (Phi) is 4.28. The molecule has 3 N–H and O–H groups in total. The van der Waals surface area contributed by atoms with Crippen LogP contribution < -0.4 is 11.3 Å². The monoisotopic (exact) mass is 284 g/mol. The highest BCUT2D eigenvalue weighted by atomic mass is 15.3. The lowest BCUT2D eigenvalue weighted by Gasteiger charge is -2.26. The van der Waals surface area contributed by atoms with Crippen molar-refractivity contribution in [2.24, 2.45) is 5.84 Å². The molecule has 1 aromatic carbocycles. The van der Waals surface area contributed by atoms with Gasteiger partial charge >= 0.3 is 0 Å². The zero-order chi connectivity index (χ0) is 15.6. The Labute approximate surface area is 126 Å². The number of anilines is 1. The Hall–Kier alpha value is -1.94. The molecule has 4 nitrogen and oxygen atoms in total. The number of hydrazine groups is 1. The van der Waals surface area contributed by atoms with Gasteiger partial charge in [-0.2, -0.15) is 0 Å². The minimum atomic E-state index is -0.271. The molecule has 0 amide bonds. The van der Waals surface area contributed by atoms with Gasteiger partial charge in [0, 0.05) is 16.7 Å². The third-order valence-electron chi connectivity index (χ3n) is 3.90. The van der Waals surface area contributed by atoms with Crippen molar-refractivity contribution in [2.45, 2.75) is 46.0 Å². The fourth-order valence-corrected chi connectivity index (χ4v) is 2.65. The van der Waals surface area contributed by atoms with E-state index < -0.39 is 0 Å². The van der Waals surface area contributed by atoms with Gasteiger partial charge in [0.2, 0.25) is 0 Å². The predicted molar refractivity (Wildman–Crippen MR) is 87.2 cm³/mol. The standard InChI is InChI=1S/C17H24N4/c1-11(2)14-12(3)19-16(20-15(14)21-18)17(4,5)13-9-7-6-8-10-13/h6-11H,18H2,1-5H3,(H,19,20,21). The first-order chi connectivity index (χ1) is 9.87. The summed E-state index contributed by atoms with van der Waals surface area (Å²) in [5.74, 6) is 7.49. The van der Waals surface area contributed by atoms with Gasteiger partial charge in [-0.1, -0.05) is 44.2 Å². The van der Waals surface area contributed by atoms with Crippen molar-refractivity contribution in [3.63, 3.8) is 0 Å². The van der Waals surface area contributed by atoms with Crippen LogP contribution in [0.5, 0.6) is 0 Å². The average Bonchev–Trinajstić information content (AvgIpc) is 2.46. The summed E-state index contributed by atoms with van der Waals surface area (Å²) >= 11 is 0. The van der Waals surface area contributed by atoms with E-state index in [-0.39, 0.29) is 5.41 Å². The lowest BCUT2D eigenvalue weighted by Crippen LogP contribution is -2.25. The van der Waals surface area contributed by atoms with Crippen LogP contribution in [-0.4, -0.2) is 9.97 Å². The minimum Gasteiger partial charge on any atom is -0.308 e. The molecule has 0 saturated heterocycles. The predicted octanol–water partition coefficient (Wildman–Crippen LogP) is 3.52. The molecule has 2 aromatic rings. The van der Waals surface area contributed by atoms with Crippen LogP contribution in [0, 0.1) is 6.92 Å². The number of nitrogen functional groups attached to an aromatic ring is 1. The highest BCUT2D eigenvalue weighted by molar-refractivity contribution is 5.48. The highest BCUT2D eigenvalue weighted by Crippen LogP contribution is 2.32. The summed E-state index contributed by atoms with van der Waals surface area (Å²) in [6.07, 6.45) is 0. The van der Waals surface area contributed by atoms with Gasteiger partial charge in [-0.05, 0) is 32.3 Å². The van der Waals surface area contributed by atoms with E-state index in [1.54, 1.807) is 0 Å². The maximum atomic E-state index is 5.67. The molecule has 1 heterocycles. The molecule has 0 aliphatic rings. The quantitative estimate of drug-likeness (QED) is 0.666. The molecule has 0 radical (unpaired) electrons. The van der Waals surface area contributed by atoms with Gasteiger partial charge in [0.25, 0.3) is 0 Å². The lowest BCUT2D eigenvalue weighted by atomic mass is 9.83. The SMILES string of the molecule is Cc1nc(C(C)(C)c2ccccc2)nc(NN)c1C(C)C. The second kappa shape index (κ2) is 5.82. The fourth-order valence-electron chi connectivity index (χ4n) is 2.65. The van der Waals surface area contributed by atoms with Crippen LogP contribution in [0.15, 0.2) is 30.3 Å². The maximum Gasteiger partial charge on any atom is 0.147 e.